The first-order valence-corrected chi connectivity index (χ1v) is 5.30. The summed E-state index contributed by atoms with van der Waals surface area (Å²) in [5.74, 6) is 0. The number of benzene rings is 1. The van der Waals surface area contributed by atoms with Crippen LogP contribution in [0.5, 0.6) is 0 Å². The normalized spacial score (nSPS) is 11.8. The van der Waals surface area contributed by atoms with Crippen molar-refractivity contribution in [1.82, 2.24) is 0 Å². The molecule has 0 atom stereocenters. The van der Waals surface area contributed by atoms with Gasteiger partial charge >= 0.3 is 0 Å². The van der Waals surface area contributed by atoms with Crippen molar-refractivity contribution in [3.63, 3.8) is 0 Å². The number of halogens is 1. The molecule has 0 amide bonds. The van der Waals surface area contributed by atoms with E-state index in [1.165, 1.54) is 4.91 Å². The maximum Gasteiger partial charge on any atom is 0.0411 e. The van der Waals surface area contributed by atoms with Crippen LogP contribution >= 0.6 is 23.4 Å². The molecule has 0 aliphatic heterocycles. The summed E-state index contributed by atoms with van der Waals surface area (Å²) in [5.41, 5.74) is 1.16. The molecule has 0 saturated heterocycles. The third-order valence-corrected chi connectivity index (χ3v) is 2.54. The maximum absolute atomic E-state index is 5.84. The van der Waals surface area contributed by atoms with Crippen LogP contribution in [0.1, 0.15) is 12.5 Å². The lowest BCUT2D eigenvalue weighted by Gasteiger charge is -1.96. The first-order chi connectivity index (χ1) is 5.72. The first-order valence-electron chi connectivity index (χ1n) is 3.70. The van der Waals surface area contributed by atoms with Gasteiger partial charge in [0.05, 0.1) is 0 Å². The lowest BCUT2D eigenvalue weighted by molar-refractivity contribution is 1.63. The number of thioether (sulfide) groups is 1. The van der Waals surface area contributed by atoms with Gasteiger partial charge in [-0.15, -0.1) is 11.8 Å². The van der Waals surface area contributed by atoms with Gasteiger partial charge in [0.25, 0.3) is 0 Å². The predicted octanol–water partition coefficient (Wildman–Crippen LogP) is 4.06. The molecule has 12 heavy (non-hydrogen) atoms. The van der Waals surface area contributed by atoms with Crippen molar-refractivity contribution in [3.8, 4) is 0 Å². The van der Waals surface area contributed by atoms with E-state index in [0.717, 1.165) is 10.6 Å². The molecule has 0 aromatic heterocycles. The fourth-order valence-electron chi connectivity index (χ4n) is 0.890. The van der Waals surface area contributed by atoms with Crippen molar-refractivity contribution in [1.29, 1.82) is 0 Å². The summed E-state index contributed by atoms with van der Waals surface area (Å²) in [7, 11) is 0. The molecule has 1 aromatic rings. The van der Waals surface area contributed by atoms with Crippen LogP contribution in [0.2, 0.25) is 5.02 Å². The topological polar surface area (TPSA) is 0 Å². The van der Waals surface area contributed by atoms with Crippen molar-refractivity contribution >= 4 is 29.4 Å². The van der Waals surface area contributed by atoms with Gasteiger partial charge in [0, 0.05) is 5.02 Å². The Hall–Kier alpha value is -0.400. The van der Waals surface area contributed by atoms with Crippen molar-refractivity contribution < 1.29 is 0 Å². The summed E-state index contributed by atoms with van der Waals surface area (Å²) < 4.78 is 0. The molecule has 0 unspecified atom stereocenters. The van der Waals surface area contributed by atoms with Gasteiger partial charge in [-0.2, -0.15) is 0 Å². The highest BCUT2D eigenvalue weighted by molar-refractivity contribution is 8.02. The second-order valence-electron chi connectivity index (χ2n) is 2.51. The zero-order valence-electron chi connectivity index (χ0n) is 7.17. The Labute approximate surface area is 82.6 Å². The van der Waals surface area contributed by atoms with E-state index in [2.05, 4.69) is 19.3 Å². The fraction of sp³-hybridized carbons (Fsp3) is 0.200. The van der Waals surface area contributed by atoms with Crippen LogP contribution in [0.3, 0.4) is 0 Å². The van der Waals surface area contributed by atoms with E-state index in [1.807, 2.05) is 24.3 Å². The summed E-state index contributed by atoms with van der Waals surface area (Å²) in [6, 6.07) is 7.85. The average Bonchev–Trinajstić information content (AvgIpc) is 2.04. The smallest absolute Gasteiger partial charge is 0.0411 e. The van der Waals surface area contributed by atoms with Gasteiger partial charge in [-0.25, -0.2) is 0 Å². The minimum Gasteiger partial charge on any atom is -0.134 e. The largest absolute Gasteiger partial charge is 0.134 e. The van der Waals surface area contributed by atoms with E-state index in [4.69, 9.17) is 11.6 Å². The van der Waals surface area contributed by atoms with Crippen molar-refractivity contribution in [2.75, 3.05) is 6.26 Å². The number of allylic oxidation sites excluding steroid dienone is 1. The molecule has 64 valence electrons. The molecule has 0 aliphatic rings. The monoisotopic (exact) mass is 198 g/mol. The van der Waals surface area contributed by atoms with Gasteiger partial charge in [-0.05, 0) is 41.9 Å². The van der Waals surface area contributed by atoms with Gasteiger partial charge in [0.15, 0.2) is 0 Å². The third-order valence-electron chi connectivity index (χ3n) is 1.54. The number of hydrogen-bond donors (Lipinski definition) is 0. The van der Waals surface area contributed by atoms with E-state index in [-0.39, 0.29) is 0 Å². The molecule has 0 aliphatic carbocycles. The number of hydrogen-bond acceptors (Lipinski definition) is 1. The summed E-state index contributed by atoms with van der Waals surface area (Å²) in [6.07, 6.45) is 4.19. The summed E-state index contributed by atoms with van der Waals surface area (Å²) in [5, 5.41) is 0.789. The Balaban J connectivity index is 2.89. The lowest BCUT2D eigenvalue weighted by atomic mass is 10.2. The molecule has 0 fully saturated rings. The van der Waals surface area contributed by atoms with E-state index >= 15 is 0 Å². The highest BCUT2D eigenvalue weighted by Gasteiger charge is 1.90. The molecule has 0 heterocycles. The summed E-state index contributed by atoms with van der Waals surface area (Å²) in [4.78, 5) is 1.29. The van der Waals surface area contributed by atoms with Crippen LogP contribution in [0, 0.1) is 0 Å². The molecule has 0 bridgehead atoms. The SMILES string of the molecule is CS/C(C)=C\c1cccc(Cl)c1. The van der Waals surface area contributed by atoms with Gasteiger partial charge < -0.3 is 0 Å². The summed E-state index contributed by atoms with van der Waals surface area (Å²) in [6.45, 7) is 2.09. The molecule has 0 radical (unpaired) electrons. The third kappa shape index (κ3) is 2.92. The quantitative estimate of drug-likeness (QED) is 0.691. The highest BCUT2D eigenvalue weighted by Crippen LogP contribution is 2.17. The van der Waals surface area contributed by atoms with Crippen LogP contribution in [-0.4, -0.2) is 6.26 Å². The average molecular weight is 199 g/mol. The van der Waals surface area contributed by atoms with Crippen molar-refractivity contribution in [2.24, 2.45) is 0 Å². The molecule has 0 saturated carbocycles. The minimum absolute atomic E-state index is 0.789. The molecule has 2 heteroatoms. The highest BCUT2D eigenvalue weighted by atomic mass is 35.5. The lowest BCUT2D eigenvalue weighted by Crippen LogP contribution is -1.72. The predicted molar refractivity (Wildman–Crippen MR) is 58.6 cm³/mol. The first kappa shape index (κ1) is 9.69. The van der Waals surface area contributed by atoms with Gasteiger partial charge in [0.1, 0.15) is 0 Å². The molecule has 0 N–H and O–H groups in total. The Bertz CT molecular complexity index is 292. The van der Waals surface area contributed by atoms with Gasteiger partial charge in [-0.3, -0.25) is 0 Å². The van der Waals surface area contributed by atoms with E-state index in [0.29, 0.717) is 0 Å². The van der Waals surface area contributed by atoms with E-state index in [9.17, 15) is 0 Å². The van der Waals surface area contributed by atoms with Crippen molar-refractivity contribution in [2.45, 2.75) is 6.92 Å². The standard InChI is InChI=1S/C10H11ClS/c1-8(12-2)6-9-4-3-5-10(11)7-9/h3-7H,1-2H3/b8-6-. The van der Waals surface area contributed by atoms with Crippen LogP contribution in [-0.2, 0) is 0 Å². The second kappa shape index (κ2) is 4.58. The van der Waals surface area contributed by atoms with Crippen LogP contribution in [0.4, 0.5) is 0 Å². The van der Waals surface area contributed by atoms with E-state index in [1.54, 1.807) is 11.8 Å². The zero-order valence-corrected chi connectivity index (χ0v) is 8.75. The molecule has 0 spiro atoms. The maximum atomic E-state index is 5.84. The number of rotatable bonds is 2. The molecular weight excluding hydrogens is 188 g/mol. The van der Waals surface area contributed by atoms with Crippen molar-refractivity contribution in [3.05, 3.63) is 39.8 Å². The Morgan fingerprint density at radius 3 is 2.83 bits per heavy atom. The summed E-state index contributed by atoms with van der Waals surface area (Å²) >= 11 is 7.58. The fourth-order valence-corrected chi connectivity index (χ4v) is 1.34. The Morgan fingerprint density at radius 1 is 1.50 bits per heavy atom. The minimum atomic E-state index is 0.789. The molecule has 1 rings (SSSR count). The molecule has 1 aromatic carbocycles. The Morgan fingerprint density at radius 2 is 2.25 bits per heavy atom. The van der Waals surface area contributed by atoms with Gasteiger partial charge in [0.2, 0.25) is 0 Å². The van der Waals surface area contributed by atoms with Crippen LogP contribution < -0.4 is 0 Å². The zero-order chi connectivity index (χ0) is 8.97. The van der Waals surface area contributed by atoms with E-state index < -0.39 is 0 Å². The molecule has 0 nitrogen and oxygen atoms in total. The second-order valence-corrected chi connectivity index (χ2v) is 4.00. The van der Waals surface area contributed by atoms with Gasteiger partial charge in [-0.1, -0.05) is 23.7 Å². The van der Waals surface area contributed by atoms with Crippen LogP contribution in [0.15, 0.2) is 29.2 Å². The molecular formula is C10H11ClS. The van der Waals surface area contributed by atoms with Crippen LogP contribution in [0.25, 0.3) is 6.08 Å². The Kier molecular flexibility index (Phi) is 3.70.